The highest BCUT2D eigenvalue weighted by Gasteiger charge is 2.16. The van der Waals surface area contributed by atoms with Crippen LogP contribution in [0.1, 0.15) is 12.8 Å². The van der Waals surface area contributed by atoms with E-state index >= 15 is 0 Å². The van der Waals surface area contributed by atoms with Crippen LogP contribution in [0, 0.1) is 0 Å². The van der Waals surface area contributed by atoms with Crippen LogP contribution in [0.2, 0.25) is 0 Å². The quantitative estimate of drug-likeness (QED) is 0.567. The summed E-state index contributed by atoms with van der Waals surface area (Å²) in [5.41, 5.74) is 0. The molecule has 0 aliphatic carbocycles. The second-order valence-corrected chi connectivity index (χ2v) is 2.52. The predicted octanol–water partition coefficient (Wildman–Crippen LogP) is 0.521. The number of ether oxygens (including phenoxy) is 2. The number of rotatable bonds is 1. The molecule has 1 aliphatic rings. The molecule has 0 aromatic heterocycles. The maximum Gasteiger partial charge on any atom is 0.508 e. The average Bonchev–Trinajstić information content (AvgIpc) is 2.06. The summed E-state index contributed by atoms with van der Waals surface area (Å²) in [5.74, 6) is 0. The van der Waals surface area contributed by atoms with E-state index in [4.69, 9.17) is 4.74 Å². The fraction of sp³-hybridized carbons (Fsp3) is 0.857. The molecule has 0 atom stereocenters. The highest BCUT2D eigenvalue weighted by molar-refractivity contribution is 5.59. The number of piperidine rings is 1. The summed E-state index contributed by atoms with van der Waals surface area (Å²) in [6.07, 6.45) is 1.24. The van der Waals surface area contributed by atoms with Crippen LogP contribution in [0.3, 0.4) is 0 Å². The maximum absolute atomic E-state index is 10.6. The predicted molar refractivity (Wildman–Crippen MR) is 39.4 cm³/mol. The molecule has 1 N–H and O–H groups in total. The minimum atomic E-state index is -0.572. The van der Waals surface area contributed by atoms with Gasteiger partial charge in [-0.05, 0) is 25.9 Å². The first-order chi connectivity index (χ1) is 5.33. The molecule has 1 saturated heterocycles. The molecule has 0 amide bonds. The highest BCUT2D eigenvalue weighted by atomic mass is 16.7. The lowest BCUT2D eigenvalue weighted by Crippen LogP contribution is -2.33. The maximum atomic E-state index is 10.6. The van der Waals surface area contributed by atoms with Crippen LogP contribution in [0.25, 0.3) is 0 Å². The summed E-state index contributed by atoms with van der Waals surface area (Å²) in [5, 5.41) is 3.17. The molecule has 1 aliphatic heterocycles. The van der Waals surface area contributed by atoms with Crippen molar-refractivity contribution < 1.29 is 14.3 Å². The van der Waals surface area contributed by atoms with Gasteiger partial charge in [-0.15, -0.1) is 0 Å². The molecule has 4 heteroatoms. The molecule has 11 heavy (non-hydrogen) atoms. The zero-order valence-electron chi connectivity index (χ0n) is 6.63. The molecule has 0 saturated carbocycles. The normalized spacial score (nSPS) is 19.4. The van der Waals surface area contributed by atoms with Crippen LogP contribution in [0.4, 0.5) is 4.79 Å². The molecule has 1 fully saturated rings. The molecule has 1 heterocycles. The Labute approximate surface area is 65.9 Å². The van der Waals surface area contributed by atoms with Crippen molar-refractivity contribution in [2.45, 2.75) is 18.9 Å². The Kier molecular flexibility index (Phi) is 3.16. The van der Waals surface area contributed by atoms with E-state index < -0.39 is 6.16 Å². The summed E-state index contributed by atoms with van der Waals surface area (Å²) in [4.78, 5) is 10.6. The lowest BCUT2D eigenvalue weighted by molar-refractivity contribution is 0.0258. The number of carbonyl (C=O) groups is 1. The van der Waals surface area contributed by atoms with Crippen molar-refractivity contribution in [1.29, 1.82) is 0 Å². The largest absolute Gasteiger partial charge is 0.508 e. The standard InChI is InChI=1S/C7H13NO3/c1-10-7(9)11-6-2-4-8-5-3-6/h6,8H,2-5H2,1H3. The van der Waals surface area contributed by atoms with Crippen molar-refractivity contribution in [2.75, 3.05) is 20.2 Å². The fourth-order valence-electron chi connectivity index (χ4n) is 1.10. The Hall–Kier alpha value is -0.770. The summed E-state index contributed by atoms with van der Waals surface area (Å²) < 4.78 is 9.31. The lowest BCUT2D eigenvalue weighted by atomic mass is 10.1. The first-order valence-electron chi connectivity index (χ1n) is 3.78. The van der Waals surface area contributed by atoms with Crippen LogP contribution in [-0.4, -0.2) is 32.5 Å². The SMILES string of the molecule is COC(=O)OC1CCNCC1. The van der Waals surface area contributed by atoms with E-state index in [2.05, 4.69) is 10.1 Å². The van der Waals surface area contributed by atoms with Crippen LogP contribution >= 0.6 is 0 Å². The fourth-order valence-corrected chi connectivity index (χ4v) is 1.10. The number of nitrogens with one attached hydrogen (secondary N) is 1. The number of hydrogen-bond acceptors (Lipinski definition) is 4. The first-order valence-corrected chi connectivity index (χ1v) is 3.78. The number of methoxy groups -OCH3 is 1. The Morgan fingerprint density at radius 3 is 2.64 bits per heavy atom. The topological polar surface area (TPSA) is 47.6 Å². The van der Waals surface area contributed by atoms with Gasteiger partial charge in [-0.1, -0.05) is 0 Å². The molecule has 64 valence electrons. The molecule has 0 aromatic carbocycles. The van der Waals surface area contributed by atoms with Crippen LogP contribution in [0.5, 0.6) is 0 Å². The van der Waals surface area contributed by atoms with Crippen molar-refractivity contribution in [3.8, 4) is 0 Å². The van der Waals surface area contributed by atoms with Crippen molar-refractivity contribution in [1.82, 2.24) is 5.32 Å². The summed E-state index contributed by atoms with van der Waals surface area (Å²) >= 11 is 0. The Balaban J connectivity index is 2.19. The Bertz CT molecular complexity index is 132. The second-order valence-electron chi connectivity index (χ2n) is 2.52. The van der Waals surface area contributed by atoms with E-state index in [9.17, 15) is 4.79 Å². The molecule has 0 aromatic rings. The van der Waals surface area contributed by atoms with E-state index in [-0.39, 0.29) is 6.10 Å². The summed E-state index contributed by atoms with van der Waals surface area (Å²) in [6, 6.07) is 0. The zero-order chi connectivity index (χ0) is 8.10. The summed E-state index contributed by atoms with van der Waals surface area (Å²) in [7, 11) is 1.32. The average molecular weight is 159 g/mol. The zero-order valence-corrected chi connectivity index (χ0v) is 6.63. The van der Waals surface area contributed by atoms with Crippen LogP contribution in [-0.2, 0) is 9.47 Å². The van der Waals surface area contributed by atoms with Crippen LogP contribution < -0.4 is 5.32 Å². The van der Waals surface area contributed by atoms with Crippen molar-refractivity contribution in [3.05, 3.63) is 0 Å². The van der Waals surface area contributed by atoms with Crippen molar-refractivity contribution in [3.63, 3.8) is 0 Å². The molecular formula is C7H13NO3. The van der Waals surface area contributed by atoms with E-state index in [0.29, 0.717) is 0 Å². The van der Waals surface area contributed by atoms with Gasteiger partial charge in [0.1, 0.15) is 6.10 Å². The molecule has 0 unspecified atom stereocenters. The molecule has 0 spiro atoms. The molecule has 0 radical (unpaired) electrons. The van der Waals surface area contributed by atoms with Gasteiger partial charge in [0.25, 0.3) is 0 Å². The molecule has 0 bridgehead atoms. The van der Waals surface area contributed by atoms with Gasteiger partial charge in [-0.2, -0.15) is 0 Å². The third kappa shape index (κ3) is 2.76. The Morgan fingerprint density at radius 2 is 2.09 bits per heavy atom. The molecule has 4 nitrogen and oxygen atoms in total. The summed E-state index contributed by atoms with van der Waals surface area (Å²) in [6.45, 7) is 1.84. The van der Waals surface area contributed by atoms with Gasteiger partial charge in [-0.25, -0.2) is 4.79 Å². The van der Waals surface area contributed by atoms with Gasteiger partial charge < -0.3 is 14.8 Å². The third-order valence-electron chi connectivity index (χ3n) is 1.72. The number of hydrogen-bond donors (Lipinski definition) is 1. The molecular weight excluding hydrogens is 146 g/mol. The minimum Gasteiger partial charge on any atom is -0.438 e. The van der Waals surface area contributed by atoms with Crippen molar-refractivity contribution >= 4 is 6.16 Å². The molecule has 1 rings (SSSR count). The lowest BCUT2D eigenvalue weighted by Gasteiger charge is -2.21. The van der Waals surface area contributed by atoms with Gasteiger partial charge in [-0.3, -0.25) is 0 Å². The van der Waals surface area contributed by atoms with Gasteiger partial charge in [0, 0.05) is 0 Å². The smallest absolute Gasteiger partial charge is 0.438 e. The minimum absolute atomic E-state index is 0.0451. The van der Waals surface area contributed by atoms with Crippen LogP contribution in [0.15, 0.2) is 0 Å². The van der Waals surface area contributed by atoms with E-state index in [1.807, 2.05) is 0 Å². The van der Waals surface area contributed by atoms with Gasteiger partial charge >= 0.3 is 6.16 Å². The van der Waals surface area contributed by atoms with Crippen molar-refractivity contribution in [2.24, 2.45) is 0 Å². The Morgan fingerprint density at radius 1 is 1.45 bits per heavy atom. The van der Waals surface area contributed by atoms with E-state index in [1.165, 1.54) is 7.11 Å². The van der Waals surface area contributed by atoms with Gasteiger partial charge in [0.2, 0.25) is 0 Å². The highest BCUT2D eigenvalue weighted by Crippen LogP contribution is 2.07. The van der Waals surface area contributed by atoms with Gasteiger partial charge in [0.15, 0.2) is 0 Å². The van der Waals surface area contributed by atoms with Gasteiger partial charge in [0.05, 0.1) is 7.11 Å². The van der Waals surface area contributed by atoms with E-state index in [1.54, 1.807) is 0 Å². The van der Waals surface area contributed by atoms with E-state index in [0.717, 1.165) is 25.9 Å². The third-order valence-corrected chi connectivity index (χ3v) is 1.72. The number of carbonyl (C=O) groups excluding carboxylic acids is 1. The second kappa shape index (κ2) is 4.18. The first kappa shape index (κ1) is 8.33. The monoisotopic (exact) mass is 159 g/mol.